The van der Waals surface area contributed by atoms with Gasteiger partial charge < -0.3 is 0 Å². The van der Waals surface area contributed by atoms with Crippen molar-refractivity contribution in [3.05, 3.63) is 81.4 Å². The molecule has 29 heavy (non-hydrogen) atoms. The highest BCUT2D eigenvalue weighted by Crippen LogP contribution is 2.32. The number of hydrazone groups is 1. The summed E-state index contributed by atoms with van der Waals surface area (Å²) in [5, 5.41) is 12.8. The first-order chi connectivity index (χ1) is 13.8. The SMILES string of the molecule is N#Cc1c(-c2ccccc2)nc(NN=Cc2c(F)cccc2C(F)(F)F)[nH]c1=O. The van der Waals surface area contributed by atoms with Crippen LogP contribution in [0.3, 0.4) is 0 Å². The Morgan fingerprint density at radius 1 is 1.14 bits per heavy atom. The average Bonchev–Trinajstić information content (AvgIpc) is 2.68. The Bertz CT molecular complexity index is 1160. The summed E-state index contributed by atoms with van der Waals surface area (Å²) in [6, 6.07) is 12.6. The van der Waals surface area contributed by atoms with Crippen molar-refractivity contribution >= 4 is 12.2 Å². The molecule has 0 atom stereocenters. The van der Waals surface area contributed by atoms with E-state index in [1.165, 1.54) is 0 Å². The molecule has 0 aliphatic heterocycles. The molecule has 0 saturated carbocycles. The van der Waals surface area contributed by atoms with Crippen LogP contribution in [0, 0.1) is 17.1 Å². The van der Waals surface area contributed by atoms with E-state index in [9.17, 15) is 27.6 Å². The Morgan fingerprint density at radius 2 is 1.86 bits per heavy atom. The molecule has 0 fully saturated rings. The normalized spacial score (nSPS) is 11.4. The molecule has 0 spiro atoms. The Kier molecular flexibility index (Phi) is 5.40. The minimum atomic E-state index is -4.77. The number of alkyl halides is 3. The molecule has 1 aromatic heterocycles. The number of benzene rings is 2. The van der Waals surface area contributed by atoms with Gasteiger partial charge in [0.1, 0.15) is 17.4 Å². The van der Waals surface area contributed by atoms with Crippen molar-refractivity contribution in [3.63, 3.8) is 0 Å². The maximum atomic E-state index is 13.8. The van der Waals surface area contributed by atoms with Crippen LogP contribution in [0.1, 0.15) is 16.7 Å². The molecule has 0 bridgehead atoms. The lowest BCUT2D eigenvalue weighted by Crippen LogP contribution is -2.16. The third-order valence-electron chi connectivity index (χ3n) is 3.80. The Balaban J connectivity index is 1.97. The zero-order chi connectivity index (χ0) is 21.0. The van der Waals surface area contributed by atoms with Crippen LogP contribution in [0.25, 0.3) is 11.3 Å². The summed E-state index contributed by atoms with van der Waals surface area (Å²) in [5.41, 5.74) is -0.162. The van der Waals surface area contributed by atoms with Gasteiger partial charge in [-0.25, -0.2) is 14.8 Å². The number of nitrogens with zero attached hydrogens (tertiary/aromatic N) is 3. The number of halogens is 4. The molecule has 2 N–H and O–H groups in total. The number of hydrogen-bond donors (Lipinski definition) is 2. The molecule has 0 aliphatic rings. The molecule has 0 radical (unpaired) electrons. The quantitative estimate of drug-likeness (QED) is 0.394. The number of rotatable bonds is 4. The highest BCUT2D eigenvalue weighted by atomic mass is 19.4. The standard InChI is InChI=1S/C19H11F4N5O/c20-15-8-4-7-14(19(21,22)23)13(15)10-25-28-18-26-16(11-5-2-1-3-6-11)12(9-24)17(29)27-18/h1-8,10H,(H2,26,27,28,29). The Morgan fingerprint density at radius 3 is 2.52 bits per heavy atom. The summed E-state index contributed by atoms with van der Waals surface area (Å²) in [5.74, 6) is -1.34. The zero-order valence-corrected chi connectivity index (χ0v) is 14.5. The fraction of sp³-hybridized carbons (Fsp3) is 0.0526. The second-order valence-electron chi connectivity index (χ2n) is 5.68. The highest BCUT2D eigenvalue weighted by molar-refractivity contribution is 5.83. The van der Waals surface area contributed by atoms with Crippen molar-refractivity contribution in [2.75, 3.05) is 5.43 Å². The van der Waals surface area contributed by atoms with Crippen molar-refractivity contribution in [2.24, 2.45) is 5.10 Å². The predicted octanol–water partition coefficient (Wildman–Crippen LogP) is 3.91. The lowest BCUT2D eigenvalue weighted by atomic mass is 10.1. The summed E-state index contributed by atoms with van der Waals surface area (Å²) in [4.78, 5) is 18.5. The van der Waals surface area contributed by atoms with Crippen molar-refractivity contribution in [1.29, 1.82) is 5.26 Å². The second-order valence-corrected chi connectivity index (χ2v) is 5.68. The summed E-state index contributed by atoms with van der Waals surface area (Å²) < 4.78 is 52.9. The Labute approximate surface area is 161 Å². The largest absolute Gasteiger partial charge is 0.417 e. The molecule has 3 rings (SSSR count). The number of aromatic amines is 1. The number of anilines is 1. The van der Waals surface area contributed by atoms with Gasteiger partial charge in [0, 0.05) is 11.1 Å². The van der Waals surface area contributed by atoms with Gasteiger partial charge in [0.2, 0.25) is 5.95 Å². The van der Waals surface area contributed by atoms with Gasteiger partial charge >= 0.3 is 6.18 Å². The van der Waals surface area contributed by atoms with Crippen LogP contribution in [-0.2, 0) is 6.18 Å². The number of aromatic nitrogens is 2. The van der Waals surface area contributed by atoms with E-state index in [4.69, 9.17) is 0 Å². The van der Waals surface area contributed by atoms with E-state index in [2.05, 4.69) is 20.5 Å². The molecule has 0 saturated heterocycles. The summed E-state index contributed by atoms with van der Waals surface area (Å²) in [6.45, 7) is 0. The molecule has 3 aromatic rings. The van der Waals surface area contributed by atoms with Gasteiger partial charge in [-0.05, 0) is 12.1 Å². The molecular formula is C19H11F4N5O. The van der Waals surface area contributed by atoms with E-state index in [1.54, 1.807) is 36.4 Å². The third-order valence-corrected chi connectivity index (χ3v) is 3.80. The molecule has 0 aliphatic carbocycles. The number of nitriles is 1. The van der Waals surface area contributed by atoms with Crippen LogP contribution >= 0.6 is 0 Å². The summed E-state index contributed by atoms with van der Waals surface area (Å²) >= 11 is 0. The molecular weight excluding hydrogens is 390 g/mol. The van der Waals surface area contributed by atoms with E-state index in [0.29, 0.717) is 11.8 Å². The van der Waals surface area contributed by atoms with Gasteiger partial charge in [-0.2, -0.15) is 23.5 Å². The van der Waals surface area contributed by atoms with Crippen molar-refractivity contribution in [3.8, 4) is 17.3 Å². The van der Waals surface area contributed by atoms with E-state index in [0.717, 1.165) is 18.2 Å². The van der Waals surface area contributed by atoms with Crippen LogP contribution in [0.15, 0.2) is 58.4 Å². The summed E-state index contributed by atoms with van der Waals surface area (Å²) in [7, 11) is 0. The van der Waals surface area contributed by atoms with Crippen LogP contribution < -0.4 is 11.0 Å². The first-order valence-corrected chi connectivity index (χ1v) is 8.06. The van der Waals surface area contributed by atoms with Gasteiger partial charge in [-0.3, -0.25) is 9.78 Å². The van der Waals surface area contributed by atoms with Crippen molar-refractivity contribution in [2.45, 2.75) is 6.18 Å². The molecule has 10 heteroatoms. The van der Waals surface area contributed by atoms with Gasteiger partial charge in [0.05, 0.1) is 17.5 Å². The topological polar surface area (TPSA) is 93.9 Å². The minimum absolute atomic E-state index is 0.0661. The van der Waals surface area contributed by atoms with Gasteiger partial charge in [0.25, 0.3) is 5.56 Å². The lowest BCUT2D eigenvalue weighted by molar-refractivity contribution is -0.137. The van der Waals surface area contributed by atoms with Crippen molar-refractivity contribution < 1.29 is 17.6 Å². The average molecular weight is 401 g/mol. The fourth-order valence-electron chi connectivity index (χ4n) is 2.51. The van der Waals surface area contributed by atoms with Crippen LogP contribution in [-0.4, -0.2) is 16.2 Å². The van der Waals surface area contributed by atoms with E-state index >= 15 is 0 Å². The van der Waals surface area contributed by atoms with E-state index in [-0.39, 0.29) is 17.2 Å². The van der Waals surface area contributed by atoms with E-state index < -0.39 is 28.7 Å². The van der Waals surface area contributed by atoms with E-state index in [1.807, 2.05) is 0 Å². The smallest absolute Gasteiger partial charge is 0.290 e. The minimum Gasteiger partial charge on any atom is -0.290 e. The van der Waals surface area contributed by atoms with Crippen LogP contribution in [0.5, 0.6) is 0 Å². The van der Waals surface area contributed by atoms with Crippen molar-refractivity contribution in [1.82, 2.24) is 9.97 Å². The second kappa shape index (κ2) is 7.93. The highest BCUT2D eigenvalue weighted by Gasteiger charge is 2.34. The molecule has 0 amide bonds. The van der Waals surface area contributed by atoms with Gasteiger partial charge in [0.15, 0.2) is 0 Å². The number of nitrogens with one attached hydrogen (secondary N) is 2. The summed E-state index contributed by atoms with van der Waals surface area (Å²) in [6.07, 6.45) is -4.14. The maximum Gasteiger partial charge on any atom is 0.417 e. The van der Waals surface area contributed by atoms with Gasteiger partial charge in [-0.1, -0.05) is 36.4 Å². The lowest BCUT2D eigenvalue weighted by Gasteiger charge is -2.10. The van der Waals surface area contributed by atoms with Crippen LogP contribution in [0.2, 0.25) is 0 Å². The monoisotopic (exact) mass is 401 g/mol. The molecule has 1 heterocycles. The maximum absolute atomic E-state index is 13.8. The molecule has 6 nitrogen and oxygen atoms in total. The number of H-pyrrole nitrogens is 1. The molecule has 146 valence electrons. The Hall–Kier alpha value is -4.00. The first kappa shape index (κ1) is 19.8. The third kappa shape index (κ3) is 4.30. The molecule has 2 aromatic carbocycles. The van der Waals surface area contributed by atoms with Crippen LogP contribution in [0.4, 0.5) is 23.5 Å². The molecule has 0 unspecified atom stereocenters. The van der Waals surface area contributed by atoms with Gasteiger partial charge in [-0.15, -0.1) is 0 Å². The predicted molar refractivity (Wildman–Crippen MR) is 97.6 cm³/mol. The first-order valence-electron chi connectivity index (χ1n) is 8.06. The number of hydrogen-bond acceptors (Lipinski definition) is 5. The zero-order valence-electron chi connectivity index (χ0n) is 14.5. The fourth-order valence-corrected chi connectivity index (χ4v) is 2.51.